The summed E-state index contributed by atoms with van der Waals surface area (Å²) >= 11 is 0. The topological polar surface area (TPSA) is 72.2 Å². The summed E-state index contributed by atoms with van der Waals surface area (Å²) in [6.07, 6.45) is 2.87. The molecule has 2 aromatic carbocycles. The summed E-state index contributed by atoms with van der Waals surface area (Å²) in [4.78, 5) is 22.1. The van der Waals surface area contributed by atoms with Crippen LogP contribution in [0.2, 0.25) is 0 Å². The number of nitrogens with zero attached hydrogens (tertiary/aromatic N) is 1. The van der Waals surface area contributed by atoms with Crippen molar-refractivity contribution >= 4 is 17.2 Å². The molecule has 0 amide bonds. The van der Waals surface area contributed by atoms with Crippen LogP contribution in [-0.2, 0) is 0 Å². The first-order chi connectivity index (χ1) is 10.1. The molecule has 0 saturated carbocycles. The van der Waals surface area contributed by atoms with Crippen LogP contribution in [0.1, 0.15) is 15.9 Å². The van der Waals surface area contributed by atoms with Crippen LogP contribution < -0.4 is 5.32 Å². The highest BCUT2D eigenvalue weighted by molar-refractivity contribution is 6.04. The lowest BCUT2D eigenvalue weighted by Gasteiger charge is -2.00. The van der Waals surface area contributed by atoms with Gasteiger partial charge in [0.1, 0.15) is 0 Å². The molecule has 106 valence electrons. The maximum Gasteiger partial charge on any atom is 0.271 e. The number of allylic oxidation sites excluding steroid dienone is 1. The number of nitrogens with one attached hydrogen (secondary N) is 1. The number of hydrogen-bond acceptors (Lipinski definition) is 4. The van der Waals surface area contributed by atoms with Crippen molar-refractivity contribution in [1.29, 1.82) is 0 Å². The third kappa shape index (κ3) is 4.01. The zero-order chi connectivity index (χ0) is 15.2. The lowest BCUT2D eigenvalue weighted by atomic mass is 10.1. The Balaban J connectivity index is 2.02. The van der Waals surface area contributed by atoms with Crippen molar-refractivity contribution in [2.24, 2.45) is 0 Å². The van der Waals surface area contributed by atoms with E-state index in [-0.39, 0.29) is 11.5 Å². The molecule has 1 N–H and O–H groups in total. The molecule has 0 atom stereocenters. The molecule has 2 rings (SSSR count). The molecule has 0 saturated heterocycles. The molecule has 5 heteroatoms. The lowest BCUT2D eigenvalue weighted by Crippen LogP contribution is -1.96. The fourth-order valence-electron chi connectivity index (χ4n) is 1.74. The largest absolute Gasteiger partial charge is 0.361 e. The van der Waals surface area contributed by atoms with E-state index in [4.69, 9.17) is 0 Å². The Morgan fingerprint density at radius 3 is 2.57 bits per heavy atom. The maximum atomic E-state index is 11.9. The Bertz CT molecular complexity index is 691. The van der Waals surface area contributed by atoms with E-state index < -0.39 is 4.92 Å². The van der Waals surface area contributed by atoms with Crippen molar-refractivity contribution in [2.75, 3.05) is 5.32 Å². The third-order valence-electron chi connectivity index (χ3n) is 2.88. The minimum atomic E-state index is -0.466. The molecular formula is C16H14N2O3. The average molecular weight is 282 g/mol. The quantitative estimate of drug-likeness (QED) is 0.392. The molecule has 0 fully saturated rings. The van der Waals surface area contributed by atoms with E-state index in [1.54, 1.807) is 24.3 Å². The van der Waals surface area contributed by atoms with Crippen molar-refractivity contribution < 1.29 is 9.72 Å². The summed E-state index contributed by atoms with van der Waals surface area (Å²) in [5.41, 5.74) is 2.23. The number of nitro benzene ring substituents is 1. The smallest absolute Gasteiger partial charge is 0.271 e. The van der Waals surface area contributed by atoms with Gasteiger partial charge in [-0.15, -0.1) is 0 Å². The Morgan fingerprint density at radius 2 is 1.90 bits per heavy atom. The van der Waals surface area contributed by atoms with E-state index in [1.165, 1.54) is 24.4 Å². The Kier molecular flexibility index (Phi) is 4.46. The van der Waals surface area contributed by atoms with Gasteiger partial charge < -0.3 is 5.32 Å². The maximum absolute atomic E-state index is 11.9. The molecule has 0 unspecified atom stereocenters. The second-order valence-electron chi connectivity index (χ2n) is 4.52. The van der Waals surface area contributed by atoms with Crippen LogP contribution in [0.25, 0.3) is 0 Å². The predicted molar refractivity (Wildman–Crippen MR) is 81.4 cm³/mol. The average Bonchev–Trinajstić information content (AvgIpc) is 2.48. The monoisotopic (exact) mass is 282 g/mol. The summed E-state index contributed by atoms with van der Waals surface area (Å²) in [5, 5.41) is 13.5. The summed E-state index contributed by atoms with van der Waals surface area (Å²) in [6.45, 7) is 1.95. The number of non-ortho nitro benzene ring substituents is 1. The molecule has 0 aliphatic heterocycles. The molecule has 0 bridgehead atoms. The molecule has 5 nitrogen and oxygen atoms in total. The SMILES string of the molecule is Cc1ccc(C(=O)/C=C/Nc2cccc([N+](=O)[O-])c2)cc1. The van der Waals surface area contributed by atoms with Crippen LogP contribution in [0, 0.1) is 17.0 Å². The Hall–Kier alpha value is -2.95. The van der Waals surface area contributed by atoms with Crippen LogP contribution in [0.4, 0.5) is 11.4 Å². The van der Waals surface area contributed by atoms with Gasteiger partial charge in [-0.1, -0.05) is 35.9 Å². The number of nitro groups is 1. The Labute approximate surface area is 122 Å². The minimum Gasteiger partial charge on any atom is -0.361 e. The van der Waals surface area contributed by atoms with Crippen molar-refractivity contribution in [3.63, 3.8) is 0 Å². The molecule has 0 aliphatic carbocycles. The van der Waals surface area contributed by atoms with Gasteiger partial charge in [0.2, 0.25) is 0 Å². The summed E-state index contributed by atoms with van der Waals surface area (Å²) in [5.74, 6) is -0.132. The van der Waals surface area contributed by atoms with E-state index in [2.05, 4.69) is 5.32 Å². The molecule has 0 aliphatic rings. The fraction of sp³-hybridized carbons (Fsp3) is 0.0625. The van der Waals surface area contributed by atoms with Crippen LogP contribution >= 0.6 is 0 Å². The third-order valence-corrected chi connectivity index (χ3v) is 2.88. The molecule has 0 spiro atoms. The van der Waals surface area contributed by atoms with Gasteiger partial charge in [0.05, 0.1) is 4.92 Å². The number of hydrogen-bond donors (Lipinski definition) is 1. The summed E-state index contributed by atoms with van der Waals surface area (Å²) in [6, 6.07) is 13.3. The zero-order valence-electron chi connectivity index (χ0n) is 11.4. The van der Waals surface area contributed by atoms with Crippen LogP contribution in [0.5, 0.6) is 0 Å². The second-order valence-corrected chi connectivity index (χ2v) is 4.52. The number of rotatable bonds is 5. The highest BCUT2D eigenvalue weighted by Crippen LogP contribution is 2.16. The van der Waals surface area contributed by atoms with Crippen LogP contribution in [-0.4, -0.2) is 10.7 Å². The van der Waals surface area contributed by atoms with Gasteiger partial charge in [-0.05, 0) is 13.0 Å². The van der Waals surface area contributed by atoms with Gasteiger partial charge in [0.25, 0.3) is 5.69 Å². The van der Waals surface area contributed by atoms with Crippen molar-refractivity contribution in [2.45, 2.75) is 6.92 Å². The number of carbonyl (C=O) groups is 1. The zero-order valence-corrected chi connectivity index (χ0v) is 11.4. The highest BCUT2D eigenvalue weighted by atomic mass is 16.6. The van der Waals surface area contributed by atoms with Gasteiger partial charge in [-0.25, -0.2) is 0 Å². The summed E-state index contributed by atoms with van der Waals surface area (Å²) in [7, 11) is 0. The predicted octanol–water partition coefficient (Wildman–Crippen LogP) is 3.71. The van der Waals surface area contributed by atoms with E-state index in [0.29, 0.717) is 11.3 Å². The second kappa shape index (κ2) is 6.47. The number of carbonyl (C=O) groups excluding carboxylic acids is 1. The minimum absolute atomic E-state index is 0.00161. The van der Waals surface area contributed by atoms with Gasteiger partial charge in [0.15, 0.2) is 5.78 Å². The van der Waals surface area contributed by atoms with Gasteiger partial charge in [-0.3, -0.25) is 14.9 Å². The van der Waals surface area contributed by atoms with Crippen molar-refractivity contribution in [3.8, 4) is 0 Å². The molecular weight excluding hydrogens is 268 g/mol. The first-order valence-electron chi connectivity index (χ1n) is 6.35. The molecule has 0 aromatic heterocycles. The number of anilines is 1. The first kappa shape index (κ1) is 14.5. The Morgan fingerprint density at radius 1 is 1.19 bits per heavy atom. The van der Waals surface area contributed by atoms with Crippen LogP contribution in [0.15, 0.2) is 60.8 Å². The van der Waals surface area contributed by atoms with Gasteiger partial charge in [0, 0.05) is 35.7 Å². The highest BCUT2D eigenvalue weighted by Gasteiger charge is 2.04. The molecule has 0 heterocycles. The van der Waals surface area contributed by atoms with Crippen LogP contribution in [0.3, 0.4) is 0 Å². The molecule has 21 heavy (non-hydrogen) atoms. The van der Waals surface area contributed by atoms with Crippen molar-refractivity contribution in [1.82, 2.24) is 0 Å². The normalized spacial score (nSPS) is 10.5. The standard InChI is InChI=1S/C16H14N2O3/c1-12-5-7-13(8-6-12)16(19)9-10-17-14-3-2-4-15(11-14)18(20)21/h2-11,17H,1H3/b10-9+. The number of ketones is 1. The van der Waals surface area contributed by atoms with Gasteiger partial charge >= 0.3 is 0 Å². The first-order valence-corrected chi connectivity index (χ1v) is 6.35. The lowest BCUT2D eigenvalue weighted by molar-refractivity contribution is -0.384. The van der Waals surface area contributed by atoms with Crippen molar-refractivity contribution in [3.05, 3.63) is 82.0 Å². The summed E-state index contributed by atoms with van der Waals surface area (Å²) < 4.78 is 0. The number of benzene rings is 2. The van der Waals surface area contributed by atoms with Gasteiger partial charge in [-0.2, -0.15) is 0 Å². The van der Waals surface area contributed by atoms with E-state index >= 15 is 0 Å². The van der Waals surface area contributed by atoms with E-state index in [0.717, 1.165) is 5.56 Å². The van der Waals surface area contributed by atoms with E-state index in [1.807, 2.05) is 19.1 Å². The molecule has 2 aromatic rings. The van der Waals surface area contributed by atoms with E-state index in [9.17, 15) is 14.9 Å². The fourth-order valence-corrected chi connectivity index (χ4v) is 1.74. The molecule has 0 radical (unpaired) electrons. The number of aryl methyl sites for hydroxylation is 1.